The third kappa shape index (κ3) is 2.75. The second kappa shape index (κ2) is 5.72. The quantitative estimate of drug-likeness (QED) is 0.694. The topological polar surface area (TPSA) is 89.5 Å². The van der Waals surface area contributed by atoms with Crippen LogP contribution in [0.4, 0.5) is 11.4 Å². The largest absolute Gasteiger partial charge is 0.366 e. The normalized spacial score (nSPS) is 16.2. The molecule has 0 fully saturated rings. The summed E-state index contributed by atoms with van der Waals surface area (Å²) in [5.74, 6) is -0.667. The molecule has 6 nitrogen and oxygen atoms in total. The molecule has 3 rings (SSSR count). The molecule has 0 aromatic heterocycles. The molecule has 2 N–H and O–H groups in total. The average molecular weight is 311 g/mol. The Labute approximate surface area is 133 Å². The summed E-state index contributed by atoms with van der Waals surface area (Å²) in [6.07, 6.45) is 0.920. The summed E-state index contributed by atoms with van der Waals surface area (Å²) in [4.78, 5) is 24.3. The van der Waals surface area contributed by atoms with Gasteiger partial charge in [0.25, 0.3) is 5.69 Å². The predicted octanol–water partition coefficient (Wildman–Crippen LogP) is 2.64. The van der Waals surface area contributed by atoms with Crippen molar-refractivity contribution in [2.24, 2.45) is 5.73 Å². The van der Waals surface area contributed by atoms with E-state index in [-0.39, 0.29) is 17.3 Å². The van der Waals surface area contributed by atoms with Gasteiger partial charge in [0.1, 0.15) is 0 Å². The van der Waals surface area contributed by atoms with Gasteiger partial charge in [-0.05, 0) is 37.1 Å². The van der Waals surface area contributed by atoms with Crippen LogP contribution in [-0.2, 0) is 13.0 Å². The first-order valence-corrected chi connectivity index (χ1v) is 7.39. The number of anilines is 1. The summed E-state index contributed by atoms with van der Waals surface area (Å²) >= 11 is 0. The molecule has 23 heavy (non-hydrogen) atoms. The average Bonchev–Trinajstić information content (AvgIpc) is 2.83. The van der Waals surface area contributed by atoms with E-state index in [1.54, 1.807) is 6.07 Å². The molecule has 0 saturated carbocycles. The van der Waals surface area contributed by atoms with Crippen molar-refractivity contribution in [3.63, 3.8) is 0 Å². The van der Waals surface area contributed by atoms with Crippen molar-refractivity contribution in [2.45, 2.75) is 25.9 Å². The summed E-state index contributed by atoms with van der Waals surface area (Å²) < 4.78 is 0. The monoisotopic (exact) mass is 311 g/mol. The fraction of sp³-hybridized carbons (Fsp3) is 0.235. The number of hydrogen-bond donors (Lipinski definition) is 1. The molecule has 118 valence electrons. The molecule has 0 aliphatic carbocycles. The van der Waals surface area contributed by atoms with Crippen molar-refractivity contribution in [1.82, 2.24) is 0 Å². The lowest BCUT2D eigenvalue weighted by Crippen LogP contribution is -2.29. The van der Waals surface area contributed by atoms with E-state index in [2.05, 4.69) is 17.9 Å². The van der Waals surface area contributed by atoms with Crippen molar-refractivity contribution >= 4 is 17.3 Å². The van der Waals surface area contributed by atoms with E-state index < -0.39 is 10.8 Å². The Morgan fingerprint density at radius 1 is 1.35 bits per heavy atom. The molecule has 1 heterocycles. The van der Waals surface area contributed by atoms with Gasteiger partial charge in [-0.25, -0.2) is 0 Å². The van der Waals surface area contributed by atoms with Gasteiger partial charge in [0.2, 0.25) is 5.91 Å². The number of primary amides is 1. The van der Waals surface area contributed by atoms with Gasteiger partial charge in [0.15, 0.2) is 0 Å². The summed E-state index contributed by atoms with van der Waals surface area (Å²) in [5.41, 5.74) is 8.21. The maximum absolute atomic E-state index is 11.3. The first-order valence-electron chi connectivity index (χ1n) is 7.39. The minimum absolute atomic E-state index is 0.0714. The number of nitro groups is 1. The van der Waals surface area contributed by atoms with Crippen LogP contribution in [0, 0.1) is 10.1 Å². The molecule has 2 aromatic carbocycles. The number of benzene rings is 2. The minimum Gasteiger partial charge on any atom is -0.366 e. The number of nitrogens with zero attached hydrogens (tertiary/aromatic N) is 2. The lowest BCUT2D eigenvalue weighted by Gasteiger charge is -2.25. The highest BCUT2D eigenvalue weighted by atomic mass is 16.6. The Kier molecular flexibility index (Phi) is 3.73. The predicted molar refractivity (Wildman–Crippen MR) is 87.4 cm³/mol. The van der Waals surface area contributed by atoms with Gasteiger partial charge in [-0.3, -0.25) is 14.9 Å². The first-order chi connectivity index (χ1) is 11.0. The molecule has 0 unspecified atom stereocenters. The van der Waals surface area contributed by atoms with Crippen LogP contribution in [0.3, 0.4) is 0 Å². The molecule has 1 amide bonds. The lowest BCUT2D eigenvalue weighted by atomic mass is 10.1. The molecular weight excluding hydrogens is 294 g/mol. The Hall–Kier alpha value is -2.89. The Morgan fingerprint density at radius 2 is 2.09 bits per heavy atom. The van der Waals surface area contributed by atoms with E-state index in [9.17, 15) is 14.9 Å². The van der Waals surface area contributed by atoms with Crippen molar-refractivity contribution in [2.75, 3.05) is 4.90 Å². The fourth-order valence-electron chi connectivity index (χ4n) is 3.07. The number of carbonyl (C=O) groups is 1. The van der Waals surface area contributed by atoms with Crippen LogP contribution in [-0.4, -0.2) is 16.9 Å². The molecule has 1 atom stereocenters. The van der Waals surface area contributed by atoms with Crippen molar-refractivity contribution in [1.29, 1.82) is 0 Å². The molecule has 1 aliphatic heterocycles. The van der Waals surface area contributed by atoms with Crippen LogP contribution in [0.25, 0.3) is 0 Å². The summed E-state index contributed by atoms with van der Waals surface area (Å²) in [6.45, 7) is 2.52. The number of nitrogens with two attached hydrogens (primary N) is 1. The van der Waals surface area contributed by atoms with Gasteiger partial charge in [-0.1, -0.05) is 18.2 Å². The molecule has 0 spiro atoms. The summed E-state index contributed by atoms with van der Waals surface area (Å²) in [5, 5.41) is 11.3. The van der Waals surface area contributed by atoms with Crippen molar-refractivity contribution < 1.29 is 9.72 Å². The van der Waals surface area contributed by atoms with Gasteiger partial charge in [-0.2, -0.15) is 0 Å². The highest BCUT2D eigenvalue weighted by Crippen LogP contribution is 2.34. The van der Waals surface area contributed by atoms with Gasteiger partial charge in [0.05, 0.1) is 11.5 Å². The summed E-state index contributed by atoms with van der Waals surface area (Å²) in [6, 6.07) is 12.8. The second-order valence-electron chi connectivity index (χ2n) is 5.77. The third-order valence-electron chi connectivity index (χ3n) is 4.26. The zero-order valence-electron chi connectivity index (χ0n) is 12.7. The van der Waals surface area contributed by atoms with Crippen LogP contribution in [0.2, 0.25) is 0 Å². The van der Waals surface area contributed by atoms with Crippen LogP contribution in [0.15, 0.2) is 42.5 Å². The Morgan fingerprint density at radius 3 is 2.78 bits per heavy atom. The number of amides is 1. The number of carbonyl (C=O) groups excluding carboxylic acids is 1. The molecule has 0 bridgehead atoms. The molecule has 1 aliphatic rings. The molecule has 0 saturated heterocycles. The van der Waals surface area contributed by atoms with E-state index in [1.165, 1.54) is 17.7 Å². The standard InChI is InChI=1S/C17H17N3O3/c1-11-8-12-4-2-3-5-15(12)19(11)10-14-7-6-13(17(18)21)9-16(14)20(22)23/h2-7,9,11H,8,10H2,1H3,(H2,18,21)/t11-/m0/s1. The highest BCUT2D eigenvalue weighted by molar-refractivity contribution is 5.93. The minimum atomic E-state index is -0.667. The SMILES string of the molecule is C[C@H]1Cc2ccccc2N1Cc1ccc(C(N)=O)cc1[N+](=O)[O-]. The van der Waals surface area contributed by atoms with Crippen LogP contribution in [0.5, 0.6) is 0 Å². The van der Waals surface area contributed by atoms with Gasteiger partial charge in [-0.15, -0.1) is 0 Å². The highest BCUT2D eigenvalue weighted by Gasteiger charge is 2.27. The second-order valence-corrected chi connectivity index (χ2v) is 5.77. The fourth-order valence-corrected chi connectivity index (χ4v) is 3.07. The lowest BCUT2D eigenvalue weighted by molar-refractivity contribution is -0.385. The van der Waals surface area contributed by atoms with E-state index in [0.29, 0.717) is 12.1 Å². The maximum atomic E-state index is 11.3. The number of nitro benzene ring substituents is 1. The Bertz CT molecular complexity index is 788. The van der Waals surface area contributed by atoms with Crippen LogP contribution >= 0.6 is 0 Å². The van der Waals surface area contributed by atoms with Crippen LogP contribution < -0.4 is 10.6 Å². The van der Waals surface area contributed by atoms with Gasteiger partial charge < -0.3 is 10.6 Å². The zero-order valence-corrected chi connectivity index (χ0v) is 12.7. The zero-order chi connectivity index (χ0) is 16.6. The molecule has 0 radical (unpaired) electrons. The molecule has 6 heteroatoms. The first kappa shape index (κ1) is 15.0. The maximum Gasteiger partial charge on any atom is 0.275 e. The smallest absolute Gasteiger partial charge is 0.275 e. The number of para-hydroxylation sites is 1. The summed E-state index contributed by atoms with van der Waals surface area (Å²) in [7, 11) is 0. The number of rotatable bonds is 4. The van der Waals surface area contributed by atoms with Gasteiger partial charge >= 0.3 is 0 Å². The van der Waals surface area contributed by atoms with E-state index >= 15 is 0 Å². The number of hydrogen-bond acceptors (Lipinski definition) is 4. The molecular formula is C17H17N3O3. The molecule has 2 aromatic rings. The van der Waals surface area contributed by atoms with Crippen LogP contribution in [0.1, 0.15) is 28.4 Å². The van der Waals surface area contributed by atoms with Gasteiger partial charge in [0, 0.05) is 28.9 Å². The van der Waals surface area contributed by atoms with Crippen molar-refractivity contribution in [3.05, 3.63) is 69.3 Å². The Balaban J connectivity index is 1.97. The van der Waals surface area contributed by atoms with E-state index in [4.69, 9.17) is 5.73 Å². The number of fused-ring (bicyclic) bond motifs is 1. The van der Waals surface area contributed by atoms with Crippen molar-refractivity contribution in [3.8, 4) is 0 Å². The van der Waals surface area contributed by atoms with E-state index in [1.807, 2.05) is 18.2 Å². The third-order valence-corrected chi connectivity index (χ3v) is 4.26. The van der Waals surface area contributed by atoms with E-state index in [0.717, 1.165) is 12.1 Å².